The number of hydrogen-bond donors (Lipinski definition) is 2. The number of nitrogens with zero attached hydrogens (tertiary/aromatic N) is 1. The summed E-state index contributed by atoms with van der Waals surface area (Å²) in [7, 11) is 1.62. The molecule has 7 nitrogen and oxygen atoms in total. The highest BCUT2D eigenvalue weighted by Crippen LogP contribution is 2.36. The lowest BCUT2D eigenvalue weighted by Crippen LogP contribution is -2.40. The largest absolute Gasteiger partial charge is 0.493 e. The fourth-order valence-electron chi connectivity index (χ4n) is 3.54. The Balaban J connectivity index is 1.32. The van der Waals surface area contributed by atoms with E-state index < -0.39 is 0 Å². The van der Waals surface area contributed by atoms with Crippen LogP contribution in [0.15, 0.2) is 42.5 Å². The topological polar surface area (TPSA) is 72.1 Å². The van der Waals surface area contributed by atoms with Crippen LogP contribution < -0.4 is 25.2 Å². The lowest BCUT2D eigenvalue weighted by molar-refractivity contribution is -0.125. The van der Waals surface area contributed by atoms with Gasteiger partial charge in [0.25, 0.3) is 0 Å². The standard InChI is InChI=1S/C21H25N3O4/c1-26-19-4-2-3-15-13-16(14-28-20(15)19)21(25)23-22-17-5-7-18(8-6-17)24-9-11-27-12-10-24/h2-8,16,22H,9-14H2,1H3,(H,23,25). The number of anilines is 2. The van der Waals surface area contributed by atoms with Crippen LogP contribution >= 0.6 is 0 Å². The van der Waals surface area contributed by atoms with Crippen molar-refractivity contribution in [3.8, 4) is 11.5 Å². The molecule has 148 valence electrons. The van der Waals surface area contributed by atoms with E-state index in [0.29, 0.717) is 18.8 Å². The van der Waals surface area contributed by atoms with Gasteiger partial charge in [0.15, 0.2) is 11.5 Å². The van der Waals surface area contributed by atoms with E-state index in [0.717, 1.165) is 49.0 Å². The molecule has 2 aromatic rings. The Bertz CT molecular complexity index is 819. The molecule has 1 amide bonds. The summed E-state index contributed by atoms with van der Waals surface area (Å²) in [5.74, 6) is 1.10. The first-order chi connectivity index (χ1) is 13.7. The Kier molecular flexibility index (Phi) is 5.53. The minimum atomic E-state index is -0.250. The number of nitrogens with one attached hydrogen (secondary N) is 2. The molecule has 1 unspecified atom stereocenters. The highest BCUT2D eigenvalue weighted by Gasteiger charge is 2.27. The average Bonchev–Trinajstić information content (AvgIpc) is 2.77. The van der Waals surface area contributed by atoms with Crippen LogP contribution in [0.2, 0.25) is 0 Å². The van der Waals surface area contributed by atoms with Gasteiger partial charge >= 0.3 is 0 Å². The van der Waals surface area contributed by atoms with Crippen molar-refractivity contribution in [2.75, 3.05) is 50.3 Å². The molecule has 0 saturated carbocycles. The molecular weight excluding hydrogens is 358 g/mol. The van der Waals surface area contributed by atoms with Crippen LogP contribution in [0.3, 0.4) is 0 Å². The van der Waals surface area contributed by atoms with Crippen LogP contribution in [0.25, 0.3) is 0 Å². The SMILES string of the molecule is COc1cccc2c1OCC(C(=O)NNc1ccc(N3CCOCC3)cc1)C2. The number of carbonyl (C=O) groups is 1. The van der Waals surface area contributed by atoms with Crippen LogP contribution in [0.4, 0.5) is 11.4 Å². The van der Waals surface area contributed by atoms with Gasteiger partial charge in [0.05, 0.1) is 31.9 Å². The summed E-state index contributed by atoms with van der Waals surface area (Å²) in [6.07, 6.45) is 0.621. The Morgan fingerprint density at radius 3 is 2.68 bits per heavy atom. The molecular formula is C21H25N3O4. The minimum absolute atomic E-state index is 0.0919. The normalized spacial score (nSPS) is 18.6. The zero-order valence-electron chi connectivity index (χ0n) is 15.9. The fraction of sp³-hybridized carbons (Fsp3) is 0.381. The zero-order chi connectivity index (χ0) is 19.3. The van der Waals surface area contributed by atoms with Crippen molar-refractivity contribution < 1.29 is 19.0 Å². The van der Waals surface area contributed by atoms with E-state index in [1.807, 2.05) is 42.5 Å². The number of rotatable bonds is 5. The first kappa shape index (κ1) is 18.4. The van der Waals surface area contributed by atoms with Gasteiger partial charge in [0.2, 0.25) is 5.91 Å². The quantitative estimate of drug-likeness (QED) is 0.772. The predicted molar refractivity (Wildman–Crippen MR) is 107 cm³/mol. The van der Waals surface area contributed by atoms with E-state index in [4.69, 9.17) is 14.2 Å². The summed E-state index contributed by atoms with van der Waals surface area (Å²) in [4.78, 5) is 14.8. The summed E-state index contributed by atoms with van der Waals surface area (Å²) in [5.41, 5.74) is 8.77. The van der Waals surface area contributed by atoms with E-state index in [-0.39, 0.29) is 11.8 Å². The average molecular weight is 383 g/mol. The van der Waals surface area contributed by atoms with Crippen molar-refractivity contribution in [1.82, 2.24) is 5.43 Å². The van der Waals surface area contributed by atoms with E-state index in [9.17, 15) is 4.79 Å². The second kappa shape index (κ2) is 8.39. The van der Waals surface area contributed by atoms with Crippen molar-refractivity contribution in [2.24, 2.45) is 5.92 Å². The van der Waals surface area contributed by atoms with Gasteiger partial charge in [-0.05, 0) is 42.3 Å². The summed E-state index contributed by atoms with van der Waals surface area (Å²) < 4.78 is 16.5. The van der Waals surface area contributed by atoms with E-state index in [1.54, 1.807) is 7.11 Å². The van der Waals surface area contributed by atoms with Crippen LogP contribution in [-0.4, -0.2) is 45.9 Å². The van der Waals surface area contributed by atoms with Crippen LogP contribution in [0.5, 0.6) is 11.5 Å². The van der Waals surface area contributed by atoms with Gasteiger partial charge in [-0.1, -0.05) is 12.1 Å². The number of benzene rings is 2. The molecule has 0 radical (unpaired) electrons. The molecule has 0 bridgehead atoms. The molecule has 28 heavy (non-hydrogen) atoms. The third-order valence-electron chi connectivity index (χ3n) is 5.12. The van der Waals surface area contributed by atoms with E-state index in [2.05, 4.69) is 15.8 Å². The Labute approximate surface area is 164 Å². The third kappa shape index (κ3) is 3.99. The van der Waals surface area contributed by atoms with Crippen LogP contribution in [0, 0.1) is 5.92 Å². The maximum atomic E-state index is 12.5. The second-order valence-corrected chi connectivity index (χ2v) is 6.92. The zero-order valence-corrected chi connectivity index (χ0v) is 15.9. The Morgan fingerprint density at radius 2 is 1.93 bits per heavy atom. The Hall–Kier alpha value is -2.93. The lowest BCUT2D eigenvalue weighted by Gasteiger charge is -2.29. The summed E-state index contributed by atoms with van der Waals surface area (Å²) in [6.45, 7) is 3.65. The second-order valence-electron chi connectivity index (χ2n) is 6.92. The highest BCUT2D eigenvalue weighted by molar-refractivity contribution is 5.81. The molecule has 0 aliphatic carbocycles. The first-order valence-corrected chi connectivity index (χ1v) is 9.52. The van der Waals surface area contributed by atoms with Crippen LogP contribution in [-0.2, 0) is 16.0 Å². The number of ether oxygens (including phenoxy) is 3. The highest BCUT2D eigenvalue weighted by atomic mass is 16.5. The minimum Gasteiger partial charge on any atom is -0.493 e. The molecule has 0 aromatic heterocycles. The molecule has 2 heterocycles. The van der Waals surface area contributed by atoms with Crippen molar-refractivity contribution in [3.05, 3.63) is 48.0 Å². The number of para-hydroxylation sites is 1. The number of hydrazine groups is 1. The van der Waals surface area contributed by atoms with Gasteiger partial charge < -0.3 is 19.1 Å². The van der Waals surface area contributed by atoms with Crippen molar-refractivity contribution in [3.63, 3.8) is 0 Å². The molecule has 2 aliphatic rings. The van der Waals surface area contributed by atoms with E-state index in [1.165, 1.54) is 0 Å². The van der Waals surface area contributed by atoms with Gasteiger partial charge in [-0.15, -0.1) is 0 Å². The summed E-state index contributed by atoms with van der Waals surface area (Å²) in [6, 6.07) is 13.8. The van der Waals surface area contributed by atoms with Crippen molar-refractivity contribution >= 4 is 17.3 Å². The number of carbonyl (C=O) groups excluding carboxylic acids is 1. The van der Waals surface area contributed by atoms with Gasteiger partial charge in [-0.25, -0.2) is 0 Å². The third-order valence-corrected chi connectivity index (χ3v) is 5.12. The maximum absolute atomic E-state index is 12.5. The smallest absolute Gasteiger partial charge is 0.245 e. The van der Waals surface area contributed by atoms with Crippen LogP contribution in [0.1, 0.15) is 5.56 Å². The number of methoxy groups -OCH3 is 1. The molecule has 4 rings (SSSR count). The van der Waals surface area contributed by atoms with Gasteiger partial charge in [-0.3, -0.25) is 15.6 Å². The van der Waals surface area contributed by atoms with Crippen molar-refractivity contribution in [1.29, 1.82) is 0 Å². The molecule has 1 fully saturated rings. The van der Waals surface area contributed by atoms with Gasteiger partial charge in [0, 0.05) is 18.8 Å². The Morgan fingerprint density at radius 1 is 1.14 bits per heavy atom. The number of fused-ring (bicyclic) bond motifs is 1. The van der Waals surface area contributed by atoms with Gasteiger partial charge in [-0.2, -0.15) is 0 Å². The fourth-order valence-corrected chi connectivity index (χ4v) is 3.54. The lowest BCUT2D eigenvalue weighted by atomic mass is 9.96. The number of morpholine rings is 1. The first-order valence-electron chi connectivity index (χ1n) is 9.52. The van der Waals surface area contributed by atoms with Gasteiger partial charge in [0.1, 0.15) is 6.61 Å². The molecule has 0 spiro atoms. The number of hydrogen-bond acceptors (Lipinski definition) is 6. The number of amides is 1. The molecule has 7 heteroatoms. The molecule has 1 atom stereocenters. The summed E-state index contributed by atoms with van der Waals surface area (Å²) in [5, 5.41) is 0. The molecule has 2 aliphatic heterocycles. The summed E-state index contributed by atoms with van der Waals surface area (Å²) >= 11 is 0. The van der Waals surface area contributed by atoms with E-state index >= 15 is 0 Å². The predicted octanol–water partition coefficient (Wildman–Crippen LogP) is 2.23. The molecule has 2 aromatic carbocycles. The molecule has 2 N–H and O–H groups in total. The molecule has 1 saturated heterocycles. The van der Waals surface area contributed by atoms with Crippen molar-refractivity contribution in [2.45, 2.75) is 6.42 Å². The maximum Gasteiger partial charge on any atom is 0.245 e. The monoisotopic (exact) mass is 383 g/mol.